The van der Waals surface area contributed by atoms with Crippen molar-refractivity contribution in [1.29, 1.82) is 0 Å². The van der Waals surface area contributed by atoms with Gasteiger partial charge in [0.25, 0.3) is 5.91 Å². The lowest BCUT2D eigenvalue weighted by Gasteiger charge is -2.19. The number of carbonyl (C=O) groups is 1. The van der Waals surface area contributed by atoms with Crippen molar-refractivity contribution in [2.24, 2.45) is 4.99 Å². The third kappa shape index (κ3) is 3.87. The van der Waals surface area contributed by atoms with Gasteiger partial charge >= 0.3 is 6.18 Å². The Morgan fingerprint density at radius 3 is 2.28 bits per heavy atom. The van der Waals surface area contributed by atoms with Gasteiger partial charge in [0.05, 0.1) is 6.26 Å². The Morgan fingerprint density at radius 2 is 1.62 bits per heavy atom. The first-order valence-electron chi connectivity index (χ1n) is 8.74. The summed E-state index contributed by atoms with van der Waals surface area (Å²) in [4.78, 5) is 17.1. The number of amides is 1. The van der Waals surface area contributed by atoms with Crippen LogP contribution in [-0.2, 0) is 10.9 Å². The van der Waals surface area contributed by atoms with E-state index in [0.717, 1.165) is 11.8 Å². The number of hydrogen-bond acceptors (Lipinski definition) is 4. The van der Waals surface area contributed by atoms with Gasteiger partial charge in [-0.1, -0.05) is 48.5 Å². The number of alkyl halides is 3. The summed E-state index contributed by atoms with van der Waals surface area (Å²) >= 11 is 0. The van der Waals surface area contributed by atoms with E-state index >= 15 is 0 Å². The Balaban J connectivity index is 1.62. The lowest BCUT2D eigenvalue weighted by molar-refractivity contribution is -0.138. The second kappa shape index (κ2) is 7.46. The highest BCUT2D eigenvalue weighted by Gasteiger charge is 2.40. The average Bonchev–Trinajstić information content (AvgIpc) is 3.37. The molecular formula is C21H15F3N2O3. The molecule has 29 heavy (non-hydrogen) atoms. The van der Waals surface area contributed by atoms with Crippen molar-refractivity contribution in [2.75, 3.05) is 0 Å². The molecule has 2 aromatic carbocycles. The smallest absolute Gasteiger partial charge is 0.420 e. The van der Waals surface area contributed by atoms with Crippen LogP contribution in [-0.4, -0.2) is 18.0 Å². The molecular weight excluding hydrogens is 385 g/mol. The molecule has 0 saturated heterocycles. The van der Waals surface area contributed by atoms with Crippen molar-refractivity contribution >= 4 is 11.8 Å². The van der Waals surface area contributed by atoms with E-state index in [1.165, 1.54) is 0 Å². The maximum Gasteiger partial charge on any atom is 0.420 e. The number of halogens is 3. The summed E-state index contributed by atoms with van der Waals surface area (Å²) in [5.41, 5.74) is 0.298. The Labute approximate surface area is 163 Å². The standard InChI is InChI=1S/C21H15F3N2O3/c22-21(23,24)15-11-12-28-17(15)18(27)26-20-16(13-7-3-1-4-8-13)25-19(29-20)14-9-5-2-6-10-14/h1-12,16,20H,(H,26,27). The summed E-state index contributed by atoms with van der Waals surface area (Å²) in [5, 5.41) is 2.47. The van der Waals surface area contributed by atoms with E-state index in [9.17, 15) is 18.0 Å². The van der Waals surface area contributed by atoms with Crippen LogP contribution in [0.5, 0.6) is 0 Å². The molecule has 4 rings (SSSR count). The molecule has 2 unspecified atom stereocenters. The van der Waals surface area contributed by atoms with Crippen LogP contribution in [0.2, 0.25) is 0 Å². The summed E-state index contributed by atoms with van der Waals surface area (Å²) in [7, 11) is 0. The van der Waals surface area contributed by atoms with Crippen LogP contribution in [0.25, 0.3) is 0 Å². The molecule has 0 radical (unpaired) electrons. The number of benzene rings is 2. The van der Waals surface area contributed by atoms with Crippen LogP contribution in [0.1, 0.15) is 33.3 Å². The fourth-order valence-electron chi connectivity index (χ4n) is 3.04. The second-order valence-corrected chi connectivity index (χ2v) is 6.33. The maximum absolute atomic E-state index is 13.1. The van der Waals surface area contributed by atoms with Crippen LogP contribution in [0, 0.1) is 0 Å². The molecule has 5 nitrogen and oxygen atoms in total. The number of furan rings is 1. The summed E-state index contributed by atoms with van der Waals surface area (Å²) < 4.78 is 49.9. The number of rotatable bonds is 4. The van der Waals surface area contributed by atoms with E-state index in [2.05, 4.69) is 10.3 Å². The van der Waals surface area contributed by atoms with Gasteiger partial charge in [-0.15, -0.1) is 0 Å². The van der Waals surface area contributed by atoms with Crippen molar-refractivity contribution in [2.45, 2.75) is 18.4 Å². The molecule has 0 fully saturated rings. The van der Waals surface area contributed by atoms with E-state index in [-0.39, 0.29) is 0 Å². The number of hydrogen-bond donors (Lipinski definition) is 1. The van der Waals surface area contributed by atoms with Gasteiger partial charge in [-0.25, -0.2) is 4.99 Å². The molecule has 3 aromatic rings. The van der Waals surface area contributed by atoms with E-state index in [4.69, 9.17) is 9.15 Å². The Hall–Kier alpha value is -3.55. The molecule has 8 heteroatoms. The van der Waals surface area contributed by atoms with Gasteiger partial charge in [-0.3, -0.25) is 4.79 Å². The molecule has 0 bridgehead atoms. The minimum atomic E-state index is -4.71. The van der Waals surface area contributed by atoms with Gasteiger partial charge in [0.1, 0.15) is 11.6 Å². The van der Waals surface area contributed by atoms with Crippen molar-refractivity contribution < 1.29 is 27.1 Å². The molecule has 148 valence electrons. The number of aliphatic imine (C=N–C) groups is 1. The van der Waals surface area contributed by atoms with Crippen LogP contribution in [0.4, 0.5) is 13.2 Å². The number of ether oxygens (including phenoxy) is 1. The van der Waals surface area contributed by atoms with Crippen LogP contribution < -0.4 is 5.32 Å². The van der Waals surface area contributed by atoms with Crippen LogP contribution in [0.15, 0.2) is 82.4 Å². The lowest BCUT2D eigenvalue weighted by atomic mass is 10.1. The number of nitrogens with zero attached hydrogens (tertiary/aromatic N) is 1. The van der Waals surface area contributed by atoms with Gasteiger partial charge in [0.2, 0.25) is 17.9 Å². The first-order valence-corrected chi connectivity index (χ1v) is 8.74. The second-order valence-electron chi connectivity index (χ2n) is 6.33. The molecule has 0 spiro atoms. The van der Waals surface area contributed by atoms with Gasteiger partial charge < -0.3 is 14.5 Å². The predicted octanol–water partition coefficient (Wildman–Crippen LogP) is 4.57. The quantitative estimate of drug-likeness (QED) is 0.698. The Bertz CT molecular complexity index is 1030. The van der Waals surface area contributed by atoms with Crippen LogP contribution >= 0.6 is 0 Å². The summed E-state index contributed by atoms with van der Waals surface area (Å²) in [6.07, 6.45) is -4.87. The topological polar surface area (TPSA) is 63.8 Å². The monoisotopic (exact) mass is 400 g/mol. The molecule has 1 N–H and O–H groups in total. The maximum atomic E-state index is 13.1. The van der Waals surface area contributed by atoms with Crippen molar-refractivity contribution in [3.8, 4) is 0 Å². The van der Waals surface area contributed by atoms with Gasteiger partial charge in [0, 0.05) is 5.56 Å². The summed E-state index contributed by atoms with van der Waals surface area (Å²) in [5.74, 6) is -1.56. The zero-order valence-corrected chi connectivity index (χ0v) is 14.9. The SMILES string of the molecule is O=C(NC1OC(c2ccccc2)=NC1c1ccccc1)c1occc1C(F)(F)F. The fraction of sp³-hybridized carbons (Fsp3) is 0.143. The zero-order valence-electron chi connectivity index (χ0n) is 14.9. The largest absolute Gasteiger partial charge is 0.459 e. The number of nitrogens with one attached hydrogen (secondary N) is 1. The highest BCUT2D eigenvalue weighted by molar-refractivity contribution is 5.97. The van der Waals surface area contributed by atoms with E-state index in [1.54, 1.807) is 36.4 Å². The molecule has 1 aliphatic rings. The van der Waals surface area contributed by atoms with Crippen molar-refractivity contribution in [3.05, 3.63) is 95.4 Å². The first-order chi connectivity index (χ1) is 13.9. The van der Waals surface area contributed by atoms with E-state index in [0.29, 0.717) is 17.5 Å². The highest BCUT2D eigenvalue weighted by atomic mass is 19.4. The Morgan fingerprint density at radius 1 is 0.966 bits per heavy atom. The van der Waals surface area contributed by atoms with E-state index in [1.807, 2.05) is 24.3 Å². The van der Waals surface area contributed by atoms with E-state index < -0.39 is 35.7 Å². The highest BCUT2D eigenvalue weighted by Crippen LogP contribution is 2.34. The van der Waals surface area contributed by atoms with Gasteiger partial charge in [-0.2, -0.15) is 13.2 Å². The molecule has 2 atom stereocenters. The average molecular weight is 400 g/mol. The van der Waals surface area contributed by atoms with Gasteiger partial charge in [-0.05, 0) is 23.8 Å². The third-order valence-corrected chi connectivity index (χ3v) is 4.39. The molecule has 2 heterocycles. The summed E-state index contributed by atoms with van der Waals surface area (Å²) in [6.45, 7) is 0. The Kier molecular flexibility index (Phi) is 4.84. The van der Waals surface area contributed by atoms with Gasteiger partial charge in [0.15, 0.2) is 0 Å². The number of carbonyl (C=O) groups excluding carboxylic acids is 1. The molecule has 1 amide bonds. The molecule has 0 aliphatic carbocycles. The first kappa shape index (κ1) is 18.8. The molecule has 0 saturated carbocycles. The molecule has 1 aromatic heterocycles. The minimum Gasteiger partial charge on any atom is -0.459 e. The lowest BCUT2D eigenvalue weighted by Crippen LogP contribution is -2.39. The van der Waals surface area contributed by atoms with Crippen molar-refractivity contribution in [3.63, 3.8) is 0 Å². The minimum absolute atomic E-state index is 0.292. The fourth-order valence-corrected chi connectivity index (χ4v) is 3.04. The summed E-state index contributed by atoms with van der Waals surface area (Å²) in [6, 6.07) is 18.2. The van der Waals surface area contributed by atoms with Crippen LogP contribution in [0.3, 0.4) is 0 Å². The predicted molar refractivity (Wildman–Crippen MR) is 98.2 cm³/mol. The third-order valence-electron chi connectivity index (χ3n) is 4.39. The normalized spacial score (nSPS) is 18.8. The zero-order chi connectivity index (χ0) is 20.4. The molecule has 1 aliphatic heterocycles. The van der Waals surface area contributed by atoms with Crippen molar-refractivity contribution in [1.82, 2.24) is 5.32 Å².